The summed E-state index contributed by atoms with van der Waals surface area (Å²) in [7, 11) is 0. The summed E-state index contributed by atoms with van der Waals surface area (Å²) in [6.45, 7) is 1.33. The molecule has 5 nitrogen and oxygen atoms in total. The van der Waals surface area contributed by atoms with Crippen molar-refractivity contribution >= 4 is 28.9 Å². The third-order valence-electron chi connectivity index (χ3n) is 3.50. The van der Waals surface area contributed by atoms with Crippen LogP contribution in [0.3, 0.4) is 0 Å². The van der Waals surface area contributed by atoms with Crippen LogP contribution in [-0.2, 0) is 4.79 Å². The molecule has 1 fully saturated rings. The van der Waals surface area contributed by atoms with Gasteiger partial charge in [-0.05, 0) is 18.6 Å². The fourth-order valence-corrected chi connectivity index (χ4v) is 2.79. The molecular weight excluding hydrogens is 254 g/mol. The van der Waals surface area contributed by atoms with E-state index in [1.165, 1.54) is 0 Å². The summed E-state index contributed by atoms with van der Waals surface area (Å²) in [5.41, 5.74) is 8.04. The summed E-state index contributed by atoms with van der Waals surface area (Å²) in [5.74, 6) is -0.209. The van der Waals surface area contributed by atoms with Crippen LogP contribution in [0.4, 0.5) is 11.4 Å². The van der Waals surface area contributed by atoms with Crippen LogP contribution < -0.4 is 16.0 Å². The number of aliphatic hydroxyl groups excluding tert-OH is 1. The number of hydrogen-bond acceptors (Lipinski definition) is 4. The molecule has 2 aliphatic rings. The van der Waals surface area contributed by atoms with Gasteiger partial charge in [0.2, 0.25) is 5.91 Å². The normalized spacial score (nSPS) is 26.4. The maximum atomic E-state index is 11.5. The molecule has 0 bridgehead atoms. The number of nitrogens with zero attached hydrogens (tertiary/aromatic N) is 1. The highest BCUT2D eigenvalue weighted by Gasteiger charge is 2.30. The van der Waals surface area contributed by atoms with E-state index in [-0.39, 0.29) is 12.0 Å². The van der Waals surface area contributed by atoms with Crippen LogP contribution >= 0.6 is 11.6 Å². The van der Waals surface area contributed by atoms with Gasteiger partial charge in [-0.25, -0.2) is 0 Å². The minimum absolute atomic E-state index is 0.209. The number of β-amino-alcohol motifs (C(OH)–C–C–N with tert-alkyl or cyclic N) is 1. The number of amides is 1. The van der Waals surface area contributed by atoms with Gasteiger partial charge in [-0.2, -0.15) is 0 Å². The number of anilines is 2. The van der Waals surface area contributed by atoms with Crippen LogP contribution in [0.25, 0.3) is 0 Å². The number of fused-ring (bicyclic) bond motifs is 1. The van der Waals surface area contributed by atoms with Crippen molar-refractivity contribution in [2.45, 2.75) is 18.6 Å². The maximum Gasteiger partial charge on any atom is 0.245 e. The summed E-state index contributed by atoms with van der Waals surface area (Å²) in [6.07, 6.45) is 0.422. The Bertz CT molecular complexity index is 520. The van der Waals surface area contributed by atoms with E-state index in [1.807, 2.05) is 11.0 Å². The predicted octanol–water partition coefficient (Wildman–Crippen LogP) is 0.863. The Morgan fingerprint density at radius 2 is 2.28 bits per heavy atom. The minimum atomic E-state index is -0.643. The van der Waals surface area contributed by atoms with E-state index in [0.717, 1.165) is 24.2 Å². The van der Waals surface area contributed by atoms with E-state index >= 15 is 0 Å². The highest BCUT2D eigenvalue weighted by Crippen LogP contribution is 2.38. The lowest BCUT2D eigenvalue weighted by Gasteiger charge is -2.20. The largest absolute Gasteiger partial charge is 0.391 e. The molecule has 6 heteroatoms. The van der Waals surface area contributed by atoms with Crippen molar-refractivity contribution < 1.29 is 9.90 Å². The molecule has 4 N–H and O–H groups in total. The third-order valence-corrected chi connectivity index (χ3v) is 3.80. The van der Waals surface area contributed by atoms with Crippen molar-refractivity contribution in [1.82, 2.24) is 0 Å². The fourth-order valence-electron chi connectivity index (χ4n) is 2.50. The van der Waals surface area contributed by atoms with Gasteiger partial charge in [0.1, 0.15) is 6.04 Å². The zero-order valence-electron chi connectivity index (χ0n) is 9.69. The van der Waals surface area contributed by atoms with Gasteiger partial charge in [-0.1, -0.05) is 11.6 Å². The van der Waals surface area contributed by atoms with Crippen LogP contribution in [0, 0.1) is 0 Å². The molecule has 18 heavy (non-hydrogen) atoms. The lowest BCUT2D eigenvalue weighted by Crippen LogP contribution is -2.21. The van der Waals surface area contributed by atoms with Gasteiger partial charge in [0, 0.05) is 24.3 Å². The van der Waals surface area contributed by atoms with Crippen molar-refractivity contribution in [2.75, 3.05) is 23.3 Å². The van der Waals surface area contributed by atoms with E-state index in [2.05, 4.69) is 5.32 Å². The maximum absolute atomic E-state index is 11.5. The summed E-state index contributed by atoms with van der Waals surface area (Å²) < 4.78 is 0. The van der Waals surface area contributed by atoms with Crippen LogP contribution in [0.1, 0.15) is 18.0 Å². The average molecular weight is 268 g/mol. The second-order valence-corrected chi connectivity index (χ2v) is 5.15. The van der Waals surface area contributed by atoms with E-state index in [1.54, 1.807) is 6.07 Å². The molecule has 1 amide bonds. The van der Waals surface area contributed by atoms with Gasteiger partial charge in [0.15, 0.2) is 0 Å². The van der Waals surface area contributed by atoms with Crippen molar-refractivity contribution in [3.8, 4) is 0 Å². The van der Waals surface area contributed by atoms with Gasteiger partial charge in [0.25, 0.3) is 0 Å². The molecule has 0 radical (unpaired) electrons. The Hall–Kier alpha value is -1.30. The first-order valence-corrected chi connectivity index (χ1v) is 6.27. The lowest BCUT2D eigenvalue weighted by molar-refractivity contribution is -0.116. The molecular formula is C12H14ClN3O2. The number of rotatable bonds is 1. The fraction of sp³-hybridized carbons (Fsp3) is 0.417. The van der Waals surface area contributed by atoms with E-state index in [9.17, 15) is 9.90 Å². The second kappa shape index (κ2) is 4.12. The molecule has 2 heterocycles. The minimum Gasteiger partial charge on any atom is -0.391 e. The summed E-state index contributed by atoms with van der Waals surface area (Å²) in [4.78, 5) is 13.5. The number of carbonyl (C=O) groups excluding carboxylic acids is 1. The lowest BCUT2D eigenvalue weighted by atomic mass is 10.1. The molecule has 0 spiro atoms. The Morgan fingerprint density at radius 3 is 2.94 bits per heavy atom. The number of hydrogen-bond donors (Lipinski definition) is 3. The number of carbonyl (C=O) groups is 1. The zero-order chi connectivity index (χ0) is 12.9. The van der Waals surface area contributed by atoms with Gasteiger partial charge in [0.05, 0.1) is 16.8 Å². The predicted molar refractivity (Wildman–Crippen MR) is 69.8 cm³/mol. The first-order valence-electron chi connectivity index (χ1n) is 5.89. The third kappa shape index (κ3) is 1.75. The number of aliphatic hydroxyl groups is 1. The summed E-state index contributed by atoms with van der Waals surface area (Å²) >= 11 is 6.23. The zero-order valence-corrected chi connectivity index (χ0v) is 10.4. The molecule has 2 aliphatic heterocycles. The van der Waals surface area contributed by atoms with Crippen LogP contribution in [0.2, 0.25) is 5.02 Å². The molecule has 0 aromatic heterocycles. The van der Waals surface area contributed by atoms with Gasteiger partial charge < -0.3 is 21.1 Å². The standard InChI is InChI=1S/C12H14ClN3O2/c13-8-3-7-9(15-12(18)11(7)14)4-10(8)16-2-1-6(17)5-16/h3-4,6,11,17H,1-2,5,14H2,(H,15,18). The second-order valence-electron chi connectivity index (χ2n) is 4.75. The van der Waals surface area contributed by atoms with E-state index in [4.69, 9.17) is 17.3 Å². The topological polar surface area (TPSA) is 78.6 Å². The van der Waals surface area contributed by atoms with Crippen LogP contribution in [-0.4, -0.2) is 30.2 Å². The Labute approximate surface area is 110 Å². The van der Waals surface area contributed by atoms with Crippen molar-refractivity contribution in [2.24, 2.45) is 5.73 Å². The van der Waals surface area contributed by atoms with Gasteiger partial charge >= 0.3 is 0 Å². The first kappa shape index (κ1) is 11.8. The molecule has 1 aromatic carbocycles. The Morgan fingerprint density at radius 1 is 1.50 bits per heavy atom. The Balaban J connectivity index is 1.98. The first-order chi connectivity index (χ1) is 8.56. The molecule has 96 valence electrons. The van der Waals surface area contributed by atoms with Crippen molar-refractivity contribution in [3.05, 3.63) is 22.7 Å². The molecule has 0 saturated carbocycles. The summed E-state index contributed by atoms with van der Waals surface area (Å²) in [6, 6.07) is 2.93. The summed E-state index contributed by atoms with van der Waals surface area (Å²) in [5, 5.41) is 12.9. The number of nitrogens with one attached hydrogen (secondary N) is 1. The quantitative estimate of drug-likeness (QED) is 0.705. The SMILES string of the molecule is NC1C(=O)Nc2cc(N3CCC(O)C3)c(Cl)cc21. The molecule has 1 saturated heterocycles. The molecule has 2 atom stereocenters. The monoisotopic (exact) mass is 267 g/mol. The van der Waals surface area contributed by atoms with E-state index in [0.29, 0.717) is 17.3 Å². The molecule has 2 unspecified atom stereocenters. The number of halogens is 1. The van der Waals surface area contributed by atoms with Gasteiger partial charge in [-0.15, -0.1) is 0 Å². The number of nitrogens with two attached hydrogens (primary N) is 1. The average Bonchev–Trinajstić information content (AvgIpc) is 2.86. The smallest absolute Gasteiger partial charge is 0.245 e. The highest BCUT2D eigenvalue weighted by atomic mass is 35.5. The van der Waals surface area contributed by atoms with Crippen molar-refractivity contribution in [3.63, 3.8) is 0 Å². The Kier molecular flexibility index (Phi) is 2.69. The van der Waals surface area contributed by atoms with Crippen molar-refractivity contribution in [1.29, 1.82) is 0 Å². The number of benzene rings is 1. The highest BCUT2D eigenvalue weighted by molar-refractivity contribution is 6.33. The van der Waals surface area contributed by atoms with Crippen LogP contribution in [0.5, 0.6) is 0 Å². The molecule has 3 rings (SSSR count). The molecule has 0 aliphatic carbocycles. The molecule has 1 aromatic rings. The van der Waals surface area contributed by atoms with E-state index < -0.39 is 6.04 Å². The van der Waals surface area contributed by atoms with Gasteiger partial charge in [-0.3, -0.25) is 4.79 Å². The van der Waals surface area contributed by atoms with Crippen LogP contribution in [0.15, 0.2) is 12.1 Å².